The average Bonchev–Trinajstić information content (AvgIpc) is 2.77. The molecule has 2 aromatic carbocycles. The third kappa shape index (κ3) is 5.01. The van der Waals surface area contributed by atoms with Gasteiger partial charge >= 0.3 is 6.03 Å². The van der Waals surface area contributed by atoms with Crippen molar-refractivity contribution in [3.63, 3.8) is 0 Å². The molecule has 1 saturated heterocycles. The normalized spacial score (nSPS) is 13.7. The summed E-state index contributed by atoms with van der Waals surface area (Å²) in [6.07, 6.45) is 3.67. The number of urea groups is 1. The minimum absolute atomic E-state index is 0.371. The molecule has 0 radical (unpaired) electrons. The first-order chi connectivity index (χ1) is 14.6. The quantitative estimate of drug-likeness (QED) is 0.514. The molecular weight excluding hydrogens is 421 g/mol. The molecule has 0 saturated carbocycles. The molecule has 3 aromatic rings. The third-order valence-corrected chi connectivity index (χ3v) is 5.47. The molecule has 0 bridgehead atoms. The standard InChI is InChI=1S/C22H21Cl2N5O/c23-16-7-8-20(18(24)14-16)26-22(30)25-17-6-4-5-15(13-17)19-9-10-21(28-27-19)29-11-2-1-3-12-29/h4-10,13-14H,1-3,11-12H2,(H2,25,26,30). The SMILES string of the molecule is O=C(Nc1cccc(-c2ccc(N3CCCCC3)nn2)c1)Nc1ccc(Cl)cc1Cl. The minimum atomic E-state index is -0.400. The molecule has 0 aliphatic carbocycles. The molecule has 2 amide bonds. The number of hydrogen-bond donors (Lipinski definition) is 2. The van der Waals surface area contributed by atoms with E-state index in [0.29, 0.717) is 21.4 Å². The van der Waals surface area contributed by atoms with Crippen LogP contribution in [0.25, 0.3) is 11.3 Å². The second-order valence-corrected chi connectivity index (χ2v) is 7.95. The van der Waals surface area contributed by atoms with Gasteiger partial charge in [0.1, 0.15) is 0 Å². The van der Waals surface area contributed by atoms with Crippen molar-refractivity contribution in [3.8, 4) is 11.3 Å². The number of nitrogens with one attached hydrogen (secondary N) is 2. The highest BCUT2D eigenvalue weighted by Gasteiger charge is 2.13. The van der Waals surface area contributed by atoms with Crippen LogP contribution >= 0.6 is 23.2 Å². The van der Waals surface area contributed by atoms with Gasteiger partial charge in [-0.2, -0.15) is 0 Å². The van der Waals surface area contributed by atoms with Crippen molar-refractivity contribution in [1.82, 2.24) is 10.2 Å². The summed E-state index contributed by atoms with van der Waals surface area (Å²) in [5.41, 5.74) is 2.74. The van der Waals surface area contributed by atoms with E-state index >= 15 is 0 Å². The molecule has 2 heterocycles. The Labute approximate surface area is 185 Å². The van der Waals surface area contributed by atoms with Gasteiger partial charge in [0.05, 0.1) is 16.4 Å². The Bertz CT molecular complexity index is 1040. The maximum atomic E-state index is 12.3. The van der Waals surface area contributed by atoms with Crippen LogP contribution in [0.3, 0.4) is 0 Å². The molecule has 8 heteroatoms. The van der Waals surface area contributed by atoms with Gasteiger partial charge in [0, 0.05) is 29.4 Å². The number of hydrogen-bond acceptors (Lipinski definition) is 4. The molecule has 4 rings (SSSR count). The highest BCUT2D eigenvalue weighted by Crippen LogP contribution is 2.26. The van der Waals surface area contributed by atoms with Gasteiger partial charge in [0.2, 0.25) is 0 Å². The lowest BCUT2D eigenvalue weighted by molar-refractivity contribution is 0.262. The molecule has 6 nitrogen and oxygen atoms in total. The van der Waals surface area contributed by atoms with Crippen molar-refractivity contribution in [2.45, 2.75) is 19.3 Å². The Hall–Kier alpha value is -2.83. The van der Waals surface area contributed by atoms with Crippen LogP contribution < -0.4 is 15.5 Å². The molecule has 154 valence electrons. The van der Waals surface area contributed by atoms with E-state index in [1.807, 2.05) is 36.4 Å². The van der Waals surface area contributed by atoms with Crippen molar-refractivity contribution >= 4 is 46.4 Å². The van der Waals surface area contributed by atoms with Gasteiger partial charge in [0.25, 0.3) is 0 Å². The first-order valence-electron chi connectivity index (χ1n) is 9.81. The highest BCUT2D eigenvalue weighted by molar-refractivity contribution is 6.36. The van der Waals surface area contributed by atoms with E-state index in [4.69, 9.17) is 23.2 Å². The van der Waals surface area contributed by atoms with Gasteiger partial charge in [0.15, 0.2) is 5.82 Å². The highest BCUT2D eigenvalue weighted by atomic mass is 35.5. The number of benzene rings is 2. The molecule has 1 aromatic heterocycles. The molecule has 0 spiro atoms. The van der Waals surface area contributed by atoms with E-state index in [1.54, 1.807) is 18.2 Å². The molecule has 0 atom stereocenters. The maximum absolute atomic E-state index is 12.3. The molecule has 30 heavy (non-hydrogen) atoms. The van der Waals surface area contributed by atoms with Crippen LogP contribution in [0.4, 0.5) is 22.0 Å². The zero-order valence-corrected chi connectivity index (χ0v) is 17.7. The van der Waals surface area contributed by atoms with Crippen molar-refractivity contribution < 1.29 is 4.79 Å². The number of carbonyl (C=O) groups is 1. The summed E-state index contributed by atoms with van der Waals surface area (Å²) in [4.78, 5) is 14.6. The fourth-order valence-corrected chi connectivity index (χ4v) is 3.86. The summed E-state index contributed by atoms with van der Waals surface area (Å²) in [6.45, 7) is 2.06. The predicted octanol–water partition coefficient (Wildman–Crippen LogP) is 6.08. The van der Waals surface area contributed by atoms with Gasteiger partial charge in [-0.15, -0.1) is 10.2 Å². The smallest absolute Gasteiger partial charge is 0.323 e. The summed E-state index contributed by atoms with van der Waals surface area (Å²) in [5, 5.41) is 15.2. The second-order valence-electron chi connectivity index (χ2n) is 7.11. The number of anilines is 3. The third-order valence-electron chi connectivity index (χ3n) is 4.93. The van der Waals surface area contributed by atoms with E-state index in [2.05, 4.69) is 25.7 Å². The van der Waals surface area contributed by atoms with Crippen molar-refractivity contribution in [1.29, 1.82) is 0 Å². The zero-order valence-electron chi connectivity index (χ0n) is 16.2. The van der Waals surface area contributed by atoms with Crippen LogP contribution in [0, 0.1) is 0 Å². The van der Waals surface area contributed by atoms with Crippen LogP contribution in [0.2, 0.25) is 10.0 Å². The number of carbonyl (C=O) groups excluding carboxylic acids is 1. The Morgan fingerprint density at radius 1 is 0.900 bits per heavy atom. The van der Waals surface area contributed by atoms with E-state index in [9.17, 15) is 4.79 Å². The number of amides is 2. The van der Waals surface area contributed by atoms with E-state index < -0.39 is 6.03 Å². The number of aromatic nitrogens is 2. The predicted molar refractivity (Wildman–Crippen MR) is 123 cm³/mol. The van der Waals surface area contributed by atoms with Crippen molar-refractivity contribution in [3.05, 3.63) is 64.6 Å². The summed E-state index contributed by atoms with van der Waals surface area (Å²) in [7, 11) is 0. The molecule has 2 N–H and O–H groups in total. The Kier molecular flexibility index (Phi) is 6.35. The lowest BCUT2D eigenvalue weighted by Crippen LogP contribution is -2.30. The van der Waals surface area contributed by atoms with E-state index in [1.165, 1.54) is 19.3 Å². The van der Waals surface area contributed by atoms with Crippen molar-refractivity contribution in [2.75, 3.05) is 28.6 Å². The first-order valence-corrected chi connectivity index (χ1v) is 10.6. The monoisotopic (exact) mass is 441 g/mol. The molecule has 0 unspecified atom stereocenters. The average molecular weight is 442 g/mol. The van der Waals surface area contributed by atoms with Crippen molar-refractivity contribution in [2.24, 2.45) is 0 Å². The van der Waals surface area contributed by atoms with Crippen LogP contribution in [-0.4, -0.2) is 29.3 Å². The Balaban J connectivity index is 1.43. The Morgan fingerprint density at radius 2 is 1.73 bits per heavy atom. The van der Waals surface area contributed by atoms with Crippen LogP contribution in [0.1, 0.15) is 19.3 Å². The topological polar surface area (TPSA) is 70.2 Å². The summed E-state index contributed by atoms with van der Waals surface area (Å²) in [5.74, 6) is 0.909. The molecule has 1 fully saturated rings. The first kappa shape index (κ1) is 20.4. The van der Waals surface area contributed by atoms with Gasteiger partial charge in [-0.25, -0.2) is 4.79 Å². The second kappa shape index (κ2) is 9.32. The molecule has 1 aliphatic rings. The van der Waals surface area contributed by atoms with Crippen LogP contribution in [0.15, 0.2) is 54.6 Å². The summed E-state index contributed by atoms with van der Waals surface area (Å²) >= 11 is 12.0. The van der Waals surface area contributed by atoms with E-state index in [0.717, 1.165) is 30.2 Å². The number of rotatable bonds is 4. The van der Waals surface area contributed by atoms with Gasteiger partial charge < -0.3 is 15.5 Å². The summed E-state index contributed by atoms with van der Waals surface area (Å²) in [6, 6.07) is 15.9. The lowest BCUT2D eigenvalue weighted by atomic mass is 10.1. The van der Waals surface area contributed by atoms with E-state index in [-0.39, 0.29) is 0 Å². The zero-order chi connectivity index (χ0) is 20.9. The summed E-state index contributed by atoms with van der Waals surface area (Å²) < 4.78 is 0. The molecular formula is C22H21Cl2N5O. The number of piperidine rings is 1. The van der Waals surface area contributed by atoms with Crippen LogP contribution in [0.5, 0.6) is 0 Å². The number of halogens is 2. The van der Waals surface area contributed by atoms with Gasteiger partial charge in [-0.1, -0.05) is 35.3 Å². The van der Waals surface area contributed by atoms with Gasteiger partial charge in [-0.05, 0) is 61.7 Å². The van der Waals surface area contributed by atoms with Crippen LogP contribution in [-0.2, 0) is 0 Å². The fraction of sp³-hybridized carbons (Fsp3) is 0.227. The minimum Gasteiger partial charge on any atom is -0.355 e. The largest absolute Gasteiger partial charge is 0.355 e. The van der Waals surface area contributed by atoms with Gasteiger partial charge in [-0.3, -0.25) is 0 Å². The molecule has 1 aliphatic heterocycles. The fourth-order valence-electron chi connectivity index (χ4n) is 3.40. The maximum Gasteiger partial charge on any atom is 0.323 e. The number of nitrogens with zero attached hydrogens (tertiary/aromatic N) is 3. The Morgan fingerprint density at radius 3 is 2.47 bits per heavy atom. The lowest BCUT2D eigenvalue weighted by Gasteiger charge is -2.27.